The number of hydrogen-bond acceptors (Lipinski definition) is 2. The molecular weight excluding hydrogens is 224 g/mol. The van der Waals surface area contributed by atoms with Gasteiger partial charge in [-0.15, -0.1) is 0 Å². The Morgan fingerprint density at radius 2 is 1.89 bits per heavy atom. The van der Waals surface area contributed by atoms with Gasteiger partial charge in [0.25, 0.3) is 0 Å². The molecule has 2 fully saturated rings. The highest BCUT2D eigenvalue weighted by Gasteiger charge is 2.28. The van der Waals surface area contributed by atoms with Crippen LogP contribution in [0.15, 0.2) is 0 Å². The van der Waals surface area contributed by atoms with Gasteiger partial charge in [-0.2, -0.15) is 0 Å². The lowest BCUT2D eigenvalue weighted by atomic mass is 9.80. The zero-order valence-electron chi connectivity index (χ0n) is 12.2. The zero-order chi connectivity index (χ0) is 13.0. The van der Waals surface area contributed by atoms with Crippen molar-refractivity contribution in [3.8, 4) is 0 Å². The van der Waals surface area contributed by atoms with E-state index in [1.165, 1.54) is 38.5 Å². The van der Waals surface area contributed by atoms with Crippen LogP contribution in [-0.4, -0.2) is 31.3 Å². The van der Waals surface area contributed by atoms with Crippen molar-refractivity contribution in [1.29, 1.82) is 0 Å². The normalized spacial score (nSPS) is 38.0. The smallest absolute Gasteiger partial charge is 0.102 e. The van der Waals surface area contributed by atoms with Crippen molar-refractivity contribution in [2.75, 3.05) is 13.2 Å². The van der Waals surface area contributed by atoms with Crippen LogP contribution in [0.3, 0.4) is 0 Å². The number of rotatable bonds is 4. The summed E-state index contributed by atoms with van der Waals surface area (Å²) in [6.07, 6.45) is 8.26. The first kappa shape index (κ1) is 14.3. The Kier molecular flexibility index (Phi) is 5.46. The standard InChI is InChI=1S/C15H30N2O/c1-11(2)12-5-7-13(8-6-12)18-10-15-14(16)4-3-9-17-15/h11-15,17H,3-10,16H2,1-2H3/p+1. The van der Waals surface area contributed by atoms with Gasteiger partial charge in [0.2, 0.25) is 0 Å². The Balaban J connectivity index is 1.65. The lowest BCUT2D eigenvalue weighted by molar-refractivity contribution is -0.432. The number of piperidine rings is 1. The molecule has 1 saturated heterocycles. The predicted molar refractivity (Wildman–Crippen MR) is 74.2 cm³/mol. The molecule has 1 aliphatic heterocycles. The van der Waals surface area contributed by atoms with E-state index in [9.17, 15) is 0 Å². The summed E-state index contributed by atoms with van der Waals surface area (Å²) in [7, 11) is 0. The average molecular weight is 255 g/mol. The van der Waals surface area contributed by atoms with Crippen molar-refractivity contribution in [2.45, 2.75) is 70.6 Å². The molecule has 0 bridgehead atoms. The molecule has 2 aliphatic rings. The minimum Gasteiger partial charge on any atom is -0.376 e. The molecule has 18 heavy (non-hydrogen) atoms. The monoisotopic (exact) mass is 255 g/mol. The molecule has 3 nitrogen and oxygen atoms in total. The maximum atomic E-state index is 6.12. The van der Waals surface area contributed by atoms with Crippen molar-refractivity contribution in [3.63, 3.8) is 0 Å². The summed E-state index contributed by atoms with van der Waals surface area (Å²) >= 11 is 0. The highest BCUT2D eigenvalue weighted by molar-refractivity contribution is 4.81. The van der Waals surface area contributed by atoms with E-state index in [-0.39, 0.29) is 0 Å². The van der Waals surface area contributed by atoms with Crippen molar-refractivity contribution in [3.05, 3.63) is 0 Å². The Morgan fingerprint density at radius 3 is 2.50 bits per heavy atom. The van der Waals surface area contributed by atoms with Crippen LogP contribution < -0.4 is 11.1 Å². The molecule has 0 radical (unpaired) electrons. The molecule has 4 N–H and O–H groups in total. The lowest BCUT2D eigenvalue weighted by Crippen LogP contribution is -2.72. The Bertz CT molecular complexity index is 237. The molecule has 0 aromatic heterocycles. The maximum Gasteiger partial charge on any atom is 0.102 e. The van der Waals surface area contributed by atoms with E-state index in [4.69, 9.17) is 4.74 Å². The first-order chi connectivity index (χ1) is 8.66. The highest BCUT2D eigenvalue weighted by Crippen LogP contribution is 2.31. The van der Waals surface area contributed by atoms with Crippen LogP contribution in [0.25, 0.3) is 0 Å². The molecule has 1 aliphatic carbocycles. The van der Waals surface area contributed by atoms with E-state index in [1.54, 1.807) is 0 Å². The molecule has 0 aromatic carbocycles. The largest absolute Gasteiger partial charge is 0.376 e. The number of nitrogens with one attached hydrogen (secondary N) is 1. The molecule has 0 spiro atoms. The van der Waals surface area contributed by atoms with Crippen molar-refractivity contribution < 1.29 is 10.5 Å². The van der Waals surface area contributed by atoms with E-state index in [1.807, 2.05) is 0 Å². The third kappa shape index (κ3) is 3.94. The van der Waals surface area contributed by atoms with E-state index in [2.05, 4.69) is 24.9 Å². The van der Waals surface area contributed by atoms with E-state index in [0.717, 1.165) is 25.0 Å². The number of quaternary nitrogens is 1. The minimum atomic E-state index is 0.488. The Hall–Kier alpha value is -0.120. The van der Waals surface area contributed by atoms with Crippen LogP contribution in [0.5, 0.6) is 0 Å². The van der Waals surface area contributed by atoms with Crippen LogP contribution in [0.4, 0.5) is 0 Å². The molecule has 3 heteroatoms. The molecule has 2 atom stereocenters. The fourth-order valence-electron chi connectivity index (χ4n) is 3.38. The summed E-state index contributed by atoms with van der Waals surface area (Å²) in [6.45, 7) is 6.71. The fourth-order valence-corrected chi connectivity index (χ4v) is 3.38. The maximum absolute atomic E-state index is 6.12. The first-order valence-electron chi connectivity index (χ1n) is 7.85. The molecule has 106 valence electrons. The molecule has 0 aromatic rings. The second kappa shape index (κ2) is 6.88. The van der Waals surface area contributed by atoms with Gasteiger partial charge >= 0.3 is 0 Å². The van der Waals surface area contributed by atoms with Crippen molar-refractivity contribution >= 4 is 0 Å². The van der Waals surface area contributed by atoms with Crippen LogP contribution in [0, 0.1) is 11.8 Å². The average Bonchev–Trinajstić information content (AvgIpc) is 2.38. The van der Waals surface area contributed by atoms with Gasteiger partial charge in [-0.05, 0) is 50.5 Å². The van der Waals surface area contributed by atoms with E-state index in [0.29, 0.717) is 18.2 Å². The van der Waals surface area contributed by atoms with Gasteiger partial charge in [-0.3, -0.25) is 0 Å². The summed E-state index contributed by atoms with van der Waals surface area (Å²) in [5.41, 5.74) is 4.24. The van der Waals surface area contributed by atoms with Gasteiger partial charge < -0.3 is 15.8 Å². The van der Waals surface area contributed by atoms with E-state index < -0.39 is 0 Å². The SMILES string of the molecule is CC(C)C1CCC(OCC2NCCCC2[NH3+])CC1. The highest BCUT2D eigenvalue weighted by atomic mass is 16.5. The van der Waals surface area contributed by atoms with Crippen LogP contribution in [0.2, 0.25) is 0 Å². The molecule has 2 rings (SSSR count). The van der Waals surface area contributed by atoms with Gasteiger partial charge in [0.05, 0.1) is 18.8 Å². The number of hydrogen-bond donors (Lipinski definition) is 2. The van der Waals surface area contributed by atoms with Gasteiger partial charge in [0, 0.05) is 6.42 Å². The van der Waals surface area contributed by atoms with Crippen LogP contribution >= 0.6 is 0 Å². The van der Waals surface area contributed by atoms with Gasteiger partial charge in [-0.1, -0.05) is 13.8 Å². The van der Waals surface area contributed by atoms with Crippen molar-refractivity contribution in [2.24, 2.45) is 11.8 Å². The second-order valence-corrected chi connectivity index (χ2v) is 6.58. The lowest BCUT2D eigenvalue weighted by Gasteiger charge is -2.33. The van der Waals surface area contributed by atoms with Gasteiger partial charge in [0.1, 0.15) is 6.04 Å². The third-order valence-corrected chi connectivity index (χ3v) is 4.90. The summed E-state index contributed by atoms with van der Waals surface area (Å²) in [6, 6.07) is 1.02. The molecule has 2 unspecified atom stereocenters. The number of ether oxygens (including phenoxy) is 1. The first-order valence-corrected chi connectivity index (χ1v) is 7.85. The molecule has 0 amide bonds. The molecular formula is C15H31N2O+. The van der Waals surface area contributed by atoms with Gasteiger partial charge in [0.15, 0.2) is 0 Å². The molecule has 1 heterocycles. The summed E-state index contributed by atoms with van der Waals surface area (Å²) in [4.78, 5) is 0. The quantitative estimate of drug-likeness (QED) is 0.801. The van der Waals surface area contributed by atoms with Crippen molar-refractivity contribution in [1.82, 2.24) is 5.32 Å². The zero-order valence-corrected chi connectivity index (χ0v) is 12.2. The topological polar surface area (TPSA) is 48.9 Å². The minimum absolute atomic E-state index is 0.488. The second-order valence-electron chi connectivity index (χ2n) is 6.58. The summed E-state index contributed by atoms with van der Waals surface area (Å²) < 4.78 is 6.12. The van der Waals surface area contributed by atoms with Gasteiger partial charge in [-0.25, -0.2) is 0 Å². The molecule has 1 saturated carbocycles. The van der Waals surface area contributed by atoms with Crippen LogP contribution in [-0.2, 0) is 4.74 Å². The summed E-state index contributed by atoms with van der Waals surface area (Å²) in [5, 5.41) is 3.55. The van der Waals surface area contributed by atoms with Crippen LogP contribution in [0.1, 0.15) is 52.4 Å². The Morgan fingerprint density at radius 1 is 1.17 bits per heavy atom. The van der Waals surface area contributed by atoms with E-state index >= 15 is 0 Å². The summed E-state index contributed by atoms with van der Waals surface area (Å²) in [5.74, 6) is 1.77. The third-order valence-electron chi connectivity index (χ3n) is 4.90. The fraction of sp³-hybridized carbons (Fsp3) is 1.00. The Labute approximate surface area is 112 Å². The predicted octanol–water partition coefficient (Wildman–Crippen LogP) is 1.58.